The summed E-state index contributed by atoms with van der Waals surface area (Å²) in [5, 5.41) is -1.23. The normalized spacial score (nSPS) is 11.6. The van der Waals surface area contributed by atoms with Gasteiger partial charge in [-0.3, -0.25) is 4.79 Å². The highest BCUT2D eigenvalue weighted by atomic mass is 35.5. The van der Waals surface area contributed by atoms with Crippen LogP contribution in [-0.2, 0) is 5.38 Å². The third-order valence-corrected chi connectivity index (χ3v) is 1.82. The van der Waals surface area contributed by atoms with Crippen LogP contribution >= 0.6 is 11.6 Å². The molecule has 0 aromatic carbocycles. The number of carbonyl (C=O) groups excluding carboxylic acids is 1. The van der Waals surface area contributed by atoms with Crippen molar-refractivity contribution in [3.8, 4) is 0 Å². The summed E-state index contributed by atoms with van der Waals surface area (Å²) in [5.41, 5.74) is -1.11. The van der Waals surface area contributed by atoms with Crippen LogP contribution in [0.5, 0.6) is 0 Å². The Hall–Kier alpha value is -1.30. The fourth-order valence-electron chi connectivity index (χ4n) is 1.06. The Morgan fingerprint density at radius 3 is 2.69 bits per heavy atom. The first kappa shape index (κ1) is 12.8. The SMILES string of the molecule is CC(C)NC(=O)c1cncnc1C(F)(F)Cl. The van der Waals surface area contributed by atoms with Gasteiger partial charge >= 0.3 is 5.38 Å². The molecule has 0 aliphatic rings. The summed E-state index contributed by atoms with van der Waals surface area (Å²) in [6.07, 6.45) is 1.92. The number of hydrogen-bond donors (Lipinski definition) is 1. The van der Waals surface area contributed by atoms with E-state index in [4.69, 9.17) is 11.6 Å². The quantitative estimate of drug-likeness (QED) is 0.833. The second-order valence-electron chi connectivity index (χ2n) is 3.41. The standard InChI is InChI=1S/C9H10ClF2N3O/c1-5(2)15-8(16)6-3-13-4-14-7(6)9(10,11)12/h3-5H,1-2H3,(H,15,16). The molecule has 1 heterocycles. The van der Waals surface area contributed by atoms with Crippen LogP contribution in [0.1, 0.15) is 29.9 Å². The number of halogens is 3. The maximum absolute atomic E-state index is 12.9. The first-order valence-corrected chi connectivity index (χ1v) is 4.88. The van der Waals surface area contributed by atoms with Gasteiger partial charge in [0.05, 0.1) is 5.56 Å². The molecule has 0 saturated heterocycles. The molecule has 4 nitrogen and oxygen atoms in total. The van der Waals surface area contributed by atoms with Crippen molar-refractivity contribution in [2.75, 3.05) is 0 Å². The van der Waals surface area contributed by atoms with Gasteiger partial charge in [-0.2, -0.15) is 8.78 Å². The van der Waals surface area contributed by atoms with Crippen LogP contribution in [0.15, 0.2) is 12.5 Å². The van der Waals surface area contributed by atoms with Gasteiger partial charge in [-0.05, 0) is 25.4 Å². The molecule has 88 valence electrons. The van der Waals surface area contributed by atoms with Crippen LogP contribution in [0.25, 0.3) is 0 Å². The van der Waals surface area contributed by atoms with Crippen molar-refractivity contribution in [3.63, 3.8) is 0 Å². The Morgan fingerprint density at radius 1 is 1.56 bits per heavy atom. The fourth-order valence-corrected chi connectivity index (χ4v) is 1.21. The van der Waals surface area contributed by atoms with E-state index in [2.05, 4.69) is 15.3 Å². The molecule has 0 spiro atoms. The molecule has 16 heavy (non-hydrogen) atoms. The number of nitrogens with zero attached hydrogens (tertiary/aromatic N) is 2. The van der Waals surface area contributed by atoms with Crippen molar-refractivity contribution >= 4 is 17.5 Å². The van der Waals surface area contributed by atoms with E-state index in [1.807, 2.05) is 0 Å². The highest BCUT2D eigenvalue weighted by molar-refractivity contribution is 6.22. The minimum absolute atomic E-state index is 0.176. The summed E-state index contributed by atoms with van der Waals surface area (Å²) < 4.78 is 25.8. The molecule has 1 N–H and O–H groups in total. The van der Waals surface area contributed by atoms with E-state index < -0.39 is 17.0 Å². The number of nitrogens with one attached hydrogen (secondary N) is 1. The van der Waals surface area contributed by atoms with Gasteiger partial charge in [-0.15, -0.1) is 0 Å². The van der Waals surface area contributed by atoms with Gasteiger partial charge in [0.15, 0.2) is 0 Å². The Bertz CT molecular complexity index is 393. The summed E-state index contributed by atoms with van der Waals surface area (Å²) in [4.78, 5) is 18.4. The molecule has 1 amide bonds. The van der Waals surface area contributed by atoms with Gasteiger partial charge in [0, 0.05) is 12.2 Å². The van der Waals surface area contributed by atoms with Crippen LogP contribution in [0.3, 0.4) is 0 Å². The molecular formula is C9H10ClF2N3O. The zero-order valence-corrected chi connectivity index (χ0v) is 9.42. The molecule has 1 aromatic rings. The molecule has 0 atom stereocenters. The number of carbonyl (C=O) groups is 1. The highest BCUT2D eigenvalue weighted by Crippen LogP contribution is 2.32. The topological polar surface area (TPSA) is 54.9 Å². The van der Waals surface area contributed by atoms with Crippen molar-refractivity contribution in [2.24, 2.45) is 0 Å². The van der Waals surface area contributed by atoms with E-state index in [0.717, 1.165) is 12.5 Å². The average molecular weight is 250 g/mol. The van der Waals surface area contributed by atoms with Gasteiger partial charge in [0.1, 0.15) is 12.0 Å². The molecule has 0 radical (unpaired) electrons. The Labute approximate surface area is 96.0 Å². The lowest BCUT2D eigenvalue weighted by atomic mass is 10.2. The smallest absolute Gasteiger partial charge is 0.350 e. The van der Waals surface area contributed by atoms with Gasteiger partial charge < -0.3 is 5.32 Å². The van der Waals surface area contributed by atoms with E-state index in [9.17, 15) is 13.6 Å². The summed E-state index contributed by atoms with van der Waals surface area (Å²) >= 11 is 4.84. The molecule has 1 aromatic heterocycles. The van der Waals surface area contributed by atoms with Crippen molar-refractivity contribution in [3.05, 3.63) is 23.8 Å². The van der Waals surface area contributed by atoms with Gasteiger partial charge in [0.25, 0.3) is 5.91 Å². The minimum atomic E-state index is -3.69. The number of aromatic nitrogens is 2. The second kappa shape index (κ2) is 4.69. The number of hydrogen-bond acceptors (Lipinski definition) is 3. The van der Waals surface area contributed by atoms with E-state index >= 15 is 0 Å². The van der Waals surface area contributed by atoms with Crippen LogP contribution in [-0.4, -0.2) is 21.9 Å². The molecule has 1 rings (SSSR count). The first-order valence-electron chi connectivity index (χ1n) is 4.50. The lowest BCUT2D eigenvalue weighted by Gasteiger charge is -2.13. The minimum Gasteiger partial charge on any atom is -0.350 e. The predicted octanol–water partition coefficient (Wildman–Crippen LogP) is 1.90. The largest absolute Gasteiger partial charge is 0.365 e. The molecular weight excluding hydrogens is 240 g/mol. The summed E-state index contributed by atoms with van der Waals surface area (Å²) in [5.74, 6) is -0.675. The molecule has 0 aliphatic carbocycles. The molecule has 0 bridgehead atoms. The van der Waals surface area contributed by atoms with Crippen molar-refractivity contribution in [2.45, 2.75) is 25.3 Å². The van der Waals surface area contributed by atoms with Gasteiger partial charge in [-0.1, -0.05) is 0 Å². The van der Waals surface area contributed by atoms with Crippen molar-refractivity contribution in [1.82, 2.24) is 15.3 Å². The predicted molar refractivity (Wildman–Crippen MR) is 54.4 cm³/mol. The molecule has 7 heteroatoms. The molecule has 0 aliphatic heterocycles. The van der Waals surface area contributed by atoms with Crippen molar-refractivity contribution in [1.29, 1.82) is 0 Å². The Morgan fingerprint density at radius 2 is 2.19 bits per heavy atom. The van der Waals surface area contributed by atoms with E-state index in [0.29, 0.717) is 0 Å². The summed E-state index contributed by atoms with van der Waals surface area (Å²) in [6.45, 7) is 3.42. The second-order valence-corrected chi connectivity index (χ2v) is 3.89. The zero-order valence-electron chi connectivity index (χ0n) is 8.67. The molecule has 0 saturated carbocycles. The molecule has 0 fully saturated rings. The van der Waals surface area contributed by atoms with Gasteiger partial charge in [0.2, 0.25) is 0 Å². The molecule has 0 unspecified atom stereocenters. The maximum Gasteiger partial charge on any atom is 0.365 e. The Balaban J connectivity index is 3.09. The summed E-state index contributed by atoms with van der Waals surface area (Å²) in [6, 6.07) is -0.176. The number of alkyl halides is 3. The first-order chi connectivity index (χ1) is 7.32. The van der Waals surface area contributed by atoms with Crippen LogP contribution in [0, 0.1) is 0 Å². The third-order valence-electron chi connectivity index (χ3n) is 1.65. The monoisotopic (exact) mass is 249 g/mol. The average Bonchev–Trinajstić information content (AvgIpc) is 2.15. The van der Waals surface area contributed by atoms with E-state index in [-0.39, 0.29) is 11.6 Å². The van der Waals surface area contributed by atoms with Gasteiger partial charge in [-0.25, -0.2) is 9.97 Å². The van der Waals surface area contributed by atoms with Crippen molar-refractivity contribution < 1.29 is 13.6 Å². The zero-order chi connectivity index (χ0) is 12.3. The maximum atomic E-state index is 12.9. The highest BCUT2D eigenvalue weighted by Gasteiger charge is 2.34. The Kier molecular flexibility index (Phi) is 3.74. The lowest BCUT2D eigenvalue weighted by molar-refractivity contribution is 0.0820. The fraction of sp³-hybridized carbons (Fsp3) is 0.444. The van der Waals surface area contributed by atoms with Crippen LogP contribution in [0.2, 0.25) is 0 Å². The number of amides is 1. The van der Waals surface area contributed by atoms with E-state index in [1.165, 1.54) is 0 Å². The lowest BCUT2D eigenvalue weighted by Crippen LogP contribution is -2.32. The van der Waals surface area contributed by atoms with E-state index in [1.54, 1.807) is 13.8 Å². The van der Waals surface area contributed by atoms with Crippen LogP contribution < -0.4 is 5.32 Å². The number of rotatable bonds is 3. The van der Waals surface area contributed by atoms with Crippen LogP contribution in [0.4, 0.5) is 8.78 Å². The summed E-state index contributed by atoms with van der Waals surface area (Å²) in [7, 11) is 0. The third kappa shape index (κ3) is 3.10.